The molecule has 0 heterocycles. The predicted octanol–water partition coefficient (Wildman–Crippen LogP) is 4.08. The number of sulfonamides is 1. The molecular formula is C21H26N2O2S. The van der Waals surface area contributed by atoms with Crippen molar-refractivity contribution in [1.82, 2.24) is 4.72 Å². The minimum atomic E-state index is -3.21. The first-order valence-corrected chi connectivity index (χ1v) is 10.6. The molecule has 0 aliphatic heterocycles. The van der Waals surface area contributed by atoms with Crippen molar-refractivity contribution in [2.24, 2.45) is 0 Å². The maximum Gasteiger partial charge on any atom is 0.209 e. The molecule has 0 spiro atoms. The fourth-order valence-corrected chi connectivity index (χ4v) is 3.36. The van der Waals surface area contributed by atoms with Gasteiger partial charge in [-0.1, -0.05) is 51.1 Å². The van der Waals surface area contributed by atoms with Crippen LogP contribution in [-0.2, 0) is 23.0 Å². The van der Waals surface area contributed by atoms with Crippen LogP contribution in [0.25, 0.3) is 0 Å². The molecule has 2 aromatic rings. The summed E-state index contributed by atoms with van der Waals surface area (Å²) in [7, 11) is -3.21. The van der Waals surface area contributed by atoms with Crippen LogP contribution in [0.3, 0.4) is 0 Å². The molecule has 0 fully saturated rings. The summed E-state index contributed by atoms with van der Waals surface area (Å²) in [4.78, 5) is 0. The Kier molecular flexibility index (Phi) is 6.57. The molecule has 1 atom stereocenters. The molecule has 0 amide bonds. The Balaban J connectivity index is 2.19. The fraction of sp³-hybridized carbons (Fsp3) is 0.381. The Morgan fingerprint density at radius 2 is 1.73 bits per heavy atom. The number of nitrogens with zero attached hydrogens (tertiary/aromatic N) is 1. The molecule has 0 bridgehead atoms. The lowest BCUT2D eigenvalue weighted by atomic mass is 9.90. The average Bonchev–Trinajstić information content (AvgIpc) is 2.59. The molecule has 2 aromatic carbocycles. The molecule has 0 aliphatic carbocycles. The summed E-state index contributed by atoms with van der Waals surface area (Å²) in [6, 6.07) is 16.3. The molecule has 26 heavy (non-hydrogen) atoms. The van der Waals surface area contributed by atoms with E-state index in [9.17, 15) is 13.7 Å². The van der Waals surface area contributed by atoms with Gasteiger partial charge >= 0.3 is 0 Å². The summed E-state index contributed by atoms with van der Waals surface area (Å²) in [5, 5.41) is 9.27. The lowest BCUT2D eigenvalue weighted by Crippen LogP contribution is -2.21. The third-order valence-electron chi connectivity index (χ3n) is 4.41. The lowest BCUT2D eigenvalue weighted by molar-refractivity contribution is 0.587. The zero-order chi connectivity index (χ0) is 19.3. The molecule has 1 N–H and O–H groups in total. The Morgan fingerprint density at radius 1 is 1.04 bits per heavy atom. The Morgan fingerprint density at radius 3 is 2.35 bits per heavy atom. The third-order valence-corrected chi connectivity index (χ3v) is 5.08. The molecule has 1 unspecified atom stereocenters. The molecule has 0 aromatic heterocycles. The van der Waals surface area contributed by atoms with E-state index < -0.39 is 10.0 Å². The standard InChI is InChI=1S/C21H26N2O2S/c1-15(2)21-11-18(9-19(12-21)13-22)8-16(3)20-7-5-6-17(10-20)14-23-26(4,24)25/h5-7,9-12,15-16,23H,8,14H2,1-4H3. The van der Waals surface area contributed by atoms with E-state index in [1.807, 2.05) is 30.3 Å². The molecule has 0 aliphatic rings. The summed E-state index contributed by atoms with van der Waals surface area (Å²) in [6.45, 7) is 6.70. The normalized spacial score (nSPS) is 12.8. The van der Waals surface area contributed by atoms with Gasteiger partial charge in [0.1, 0.15) is 0 Å². The molecular weight excluding hydrogens is 344 g/mol. The van der Waals surface area contributed by atoms with Gasteiger partial charge < -0.3 is 0 Å². The number of nitriles is 1. The van der Waals surface area contributed by atoms with Crippen molar-refractivity contribution < 1.29 is 8.42 Å². The number of hydrogen-bond donors (Lipinski definition) is 1. The monoisotopic (exact) mass is 370 g/mol. The predicted molar refractivity (Wildman–Crippen MR) is 105 cm³/mol. The molecule has 138 valence electrons. The maximum absolute atomic E-state index is 11.3. The largest absolute Gasteiger partial charge is 0.213 e. The van der Waals surface area contributed by atoms with Crippen molar-refractivity contribution in [2.75, 3.05) is 6.26 Å². The molecule has 2 rings (SSSR count). The highest BCUT2D eigenvalue weighted by Gasteiger charge is 2.11. The van der Waals surface area contributed by atoms with Crippen molar-refractivity contribution in [3.05, 3.63) is 70.3 Å². The average molecular weight is 371 g/mol. The molecule has 0 saturated heterocycles. The summed E-state index contributed by atoms with van der Waals surface area (Å²) in [5.74, 6) is 0.643. The smallest absolute Gasteiger partial charge is 0.209 e. The van der Waals surface area contributed by atoms with E-state index in [1.54, 1.807) is 0 Å². The van der Waals surface area contributed by atoms with Gasteiger partial charge in [0.15, 0.2) is 0 Å². The molecule has 4 nitrogen and oxygen atoms in total. The van der Waals surface area contributed by atoms with Crippen LogP contribution in [0, 0.1) is 11.3 Å². The van der Waals surface area contributed by atoms with Crippen molar-refractivity contribution in [2.45, 2.75) is 45.6 Å². The van der Waals surface area contributed by atoms with Crippen molar-refractivity contribution >= 4 is 10.0 Å². The second-order valence-electron chi connectivity index (χ2n) is 7.17. The van der Waals surface area contributed by atoms with Crippen LogP contribution in [0.1, 0.15) is 60.4 Å². The van der Waals surface area contributed by atoms with E-state index in [1.165, 1.54) is 5.56 Å². The zero-order valence-corrected chi connectivity index (χ0v) is 16.6. The van der Waals surface area contributed by atoms with E-state index >= 15 is 0 Å². The highest BCUT2D eigenvalue weighted by atomic mass is 32.2. The topological polar surface area (TPSA) is 70.0 Å². The van der Waals surface area contributed by atoms with E-state index in [2.05, 4.69) is 43.7 Å². The quantitative estimate of drug-likeness (QED) is 0.798. The highest BCUT2D eigenvalue weighted by molar-refractivity contribution is 7.88. The first kappa shape index (κ1) is 20.2. The SMILES string of the molecule is CC(C)c1cc(C#N)cc(CC(C)c2cccc(CNS(C)(=O)=O)c2)c1. The number of nitrogens with one attached hydrogen (secondary N) is 1. The Hall–Kier alpha value is -2.16. The van der Waals surface area contributed by atoms with Crippen LogP contribution in [0.4, 0.5) is 0 Å². The summed E-state index contributed by atoms with van der Waals surface area (Å²) in [5.41, 5.74) is 5.13. The summed E-state index contributed by atoms with van der Waals surface area (Å²) < 4.78 is 25.1. The molecule has 5 heteroatoms. The van der Waals surface area contributed by atoms with Crippen molar-refractivity contribution in [3.8, 4) is 6.07 Å². The zero-order valence-electron chi connectivity index (χ0n) is 15.8. The van der Waals surface area contributed by atoms with Crippen LogP contribution in [0.2, 0.25) is 0 Å². The van der Waals surface area contributed by atoms with Crippen LogP contribution in [0.5, 0.6) is 0 Å². The van der Waals surface area contributed by atoms with Gasteiger partial charge in [-0.2, -0.15) is 5.26 Å². The van der Waals surface area contributed by atoms with E-state index in [4.69, 9.17) is 0 Å². The first-order chi connectivity index (χ1) is 12.2. The number of hydrogen-bond acceptors (Lipinski definition) is 3. The van der Waals surface area contributed by atoms with Crippen molar-refractivity contribution in [1.29, 1.82) is 5.26 Å². The highest BCUT2D eigenvalue weighted by Crippen LogP contribution is 2.25. The number of benzene rings is 2. The first-order valence-electron chi connectivity index (χ1n) is 8.75. The van der Waals surface area contributed by atoms with Crippen LogP contribution >= 0.6 is 0 Å². The van der Waals surface area contributed by atoms with Gasteiger partial charge in [0.05, 0.1) is 17.9 Å². The Labute approximate surface area is 156 Å². The van der Waals surface area contributed by atoms with Gasteiger partial charge in [0, 0.05) is 6.54 Å². The van der Waals surface area contributed by atoms with E-state index in [-0.39, 0.29) is 5.92 Å². The van der Waals surface area contributed by atoms with Gasteiger partial charge in [-0.25, -0.2) is 13.1 Å². The second-order valence-corrected chi connectivity index (χ2v) is 9.01. The van der Waals surface area contributed by atoms with E-state index in [0.717, 1.165) is 29.4 Å². The minimum Gasteiger partial charge on any atom is -0.213 e. The van der Waals surface area contributed by atoms with Gasteiger partial charge in [-0.15, -0.1) is 0 Å². The third kappa shape index (κ3) is 5.98. The Bertz CT molecular complexity index is 912. The minimum absolute atomic E-state index is 0.266. The number of rotatable bonds is 7. The second kappa shape index (κ2) is 8.48. The van der Waals surface area contributed by atoms with Gasteiger partial charge in [-0.3, -0.25) is 0 Å². The summed E-state index contributed by atoms with van der Waals surface area (Å²) in [6.07, 6.45) is 1.99. The van der Waals surface area contributed by atoms with Gasteiger partial charge in [-0.05, 0) is 52.6 Å². The van der Waals surface area contributed by atoms with Crippen LogP contribution in [0.15, 0.2) is 42.5 Å². The van der Waals surface area contributed by atoms with E-state index in [0.29, 0.717) is 18.0 Å². The van der Waals surface area contributed by atoms with Crippen molar-refractivity contribution in [3.63, 3.8) is 0 Å². The maximum atomic E-state index is 11.3. The van der Waals surface area contributed by atoms with Crippen LogP contribution in [-0.4, -0.2) is 14.7 Å². The molecule has 0 saturated carbocycles. The fourth-order valence-electron chi connectivity index (χ4n) is 2.93. The van der Waals surface area contributed by atoms with Crippen LogP contribution < -0.4 is 4.72 Å². The van der Waals surface area contributed by atoms with Gasteiger partial charge in [0.25, 0.3) is 0 Å². The van der Waals surface area contributed by atoms with Gasteiger partial charge in [0.2, 0.25) is 10.0 Å². The molecule has 0 radical (unpaired) electrons. The summed E-state index contributed by atoms with van der Waals surface area (Å²) >= 11 is 0. The lowest BCUT2D eigenvalue weighted by Gasteiger charge is -2.15.